The van der Waals surface area contributed by atoms with Gasteiger partial charge in [0.2, 0.25) is 0 Å². The standard InChI is InChI=1S/C34H32N4O6/c1-8-19-14(2)21-13-26-28(18(6)39)16(4)23(36-26)11-22-15(3)20(9-10-27(40)43-7)31(37-22)30-32-29(33(41)44-34(30)42)17(5)24(38-32)12-25(19)35-21/h11-13,36,38H,8-10H2,1-7H3. The number of methoxy groups -OCH3 is 1. The van der Waals surface area contributed by atoms with Crippen molar-refractivity contribution >= 4 is 68.1 Å². The summed E-state index contributed by atoms with van der Waals surface area (Å²) in [6, 6.07) is 5.60. The van der Waals surface area contributed by atoms with Crippen LogP contribution in [-0.4, -0.2) is 50.7 Å². The number of hydrogen-bond acceptors (Lipinski definition) is 8. The SMILES string of the molecule is CCC1=C(C)c2cc3[nH]c(cc4nc(c5c6[nH]c(cc1n2)c(C)c6C(=O)OC5=O)C(CCC(=O)OC)=C4C)c(C)c3C(C)=O. The van der Waals surface area contributed by atoms with Gasteiger partial charge in [-0.2, -0.15) is 0 Å². The Kier molecular flexibility index (Phi) is 6.95. The van der Waals surface area contributed by atoms with Gasteiger partial charge in [-0.1, -0.05) is 6.92 Å². The molecule has 0 amide bonds. The number of cyclic esters (lactones) is 2. The number of aromatic amines is 2. The van der Waals surface area contributed by atoms with Crippen LogP contribution in [0.1, 0.15) is 112 Å². The van der Waals surface area contributed by atoms with E-state index < -0.39 is 17.9 Å². The number of carbonyl (C=O) groups excluding carboxylic acids is 4. The van der Waals surface area contributed by atoms with Gasteiger partial charge in [0.05, 0.1) is 46.5 Å². The summed E-state index contributed by atoms with van der Waals surface area (Å²) in [5.41, 5.74) is 10.2. The first kappa shape index (κ1) is 29.0. The fourth-order valence-electron chi connectivity index (χ4n) is 6.38. The summed E-state index contributed by atoms with van der Waals surface area (Å²) < 4.78 is 10.1. The molecule has 0 aromatic carbocycles. The van der Waals surface area contributed by atoms with E-state index in [1.807, 2.05) is 45.9 Å². The van der Waals surface area contributed by atoms with Crippen LogP contribution >= 0.6 is 0 Å². The van der Waals surface area contributed by atoms with E-state index in [2.05, 4.69) is 9.97 Å². The highest BCUT2D eigenvalue weighted by molar-refractivity contribution is 6.19. The average molecular weight is 593 g/mol. The van der Waals surface area contributed by atoms with E-state index in [0.29, 0.717) is 62.3 Å². The Morgan fingerprint density at radius 2 is 1.43 bits per heavy atom. The van der Waals surface area contributed by atoms with Crippen LogP contribution < -0.4 is 0 Å². The van der Waals surface area contributed by atoms with Crippen LogP contribution in [0, 0.1) is 13.8 Å². The number of rotatable bonds is 5. The molecule has 0 aliphatic carbocycles. The molecule has 0 spiro atoms. The normalized spacial score (nSPS) is 14.3. The van der Waals surface area contributed by atoms with Gasteiger partial charge < -0.3 is 19.4 Å². The lowest BCUT2D eigenvalue weighted by Crippen LogP contribution is -2.20. The van der Waals surface area contributed by atoms with E-state index in [-0.39, 0.29) is 29.8 Å². The van der Waals surface area contributed by atoms with Crippen LogP contribution in [0.5, 0.6) is 0 Å². The Morgan fingerprint density at radius 3 is 2.11 bits per heavy atom. The zero-order chi connectivity index (χ0) is 31.6. The molecule has 3 aromatic rings. The van der Waals surface area contributed by atoms with Gasteiger partial charge in [0, 0.05) is 23.0 Å². The first-order valence-corrected chi connectivity index (χ1v) is 14.5. The van der Waals surface area contributed by atoms with E-state index in [9.17, 15) is 19.2 Å². The van der Waals surface area contributed by atoms with Crippen molar-refractivity contribution in [3.05, 3.63) is 68.8 Å². The highest BCUT2D eigenvalue weighted by Crippen LogP contribution is 2.40. The summed E-state index contributed by atoms with van der Waals surface area (Å²) in [6.45, 7) is 11.1. The van der Waals surface area contributed by atoms with Gasteiger partial charge in [0.1, 0.15) is 5.56 Å². The quantitative estimate of drug-likeness (QED) is 0.190. The topological polar surface area (TPSA) is 144 Å². The van der Waals surface area contributed by atoms with Crippen LogP contribution in [0.2, 0.25) is 0 Å². The molecule has 6 heterocycles. The molecular weight excluding hydrogens is 560 g/mol. The third-order valence-corrected chi connectivity index (χ3v) is 8.78. The molecule has 0 saturated heterocycles. The number of aryl methyl sites for hydroxylation is 2. The van der Waals surface area contributed by atoms with Gasteiger partial charge in [-0.25, -0.2) is 19.6 Å². The van der Waals surface area contributed by atoms with Crippen LogP contribution in [0.4, 0.5) is 0 Å². The van der Waals surface area contributed by atoms with E-state index in [4.69, 9.17) is 19.4 Å². The van der Waals surface area contributed by atoms with Crippen LogP contribution in [0.25, 0.3) is 44.4 Å². The predicted molar refractivity (Wildman–Crippen MR) is 167 cm³/mol. The zero-order valence-electron chi connectivity index (χ0n) is 25.7. The molecule has 3 aliphatic heterocycles. The molecule has 0 radical (unpaired) electrons. The Labute approximate surface area is 253 Å². The third-order valence-electron chi connectivity index (χ3n) is 8.78. The summed E-state index contributed by atoms with van der Waals surface area (Å²) in [7, 11) is 1.32. The number of nitrogens with one attached hydrogen (secondary N) is 2. The molecular formula is C34H32N4O6. The molecule has 3 aromatic heterocycles. The molecule has 0 unspecified atom stereocenters. The highest BCUT2D eigenvalue weighted by Gasteiger charge is 2.35. The second-order valence-electron chi connectivity index (χ2n) is 11.3. The van der Waals surface area contributed by atoms with Gasteiger partial charge in [0.25, 0.3) is 0 Å². The number of fused-ring (bicyclic) bond motifs is 8. The Bertz CT molecular complexity index is 2090. The van der Waals surface area contributed by atoms with Crippen molar-refractivity contribution in [1.82, 2.24) is 19.9 Å². The fraction of sp³-hybridized carbons (Fsp3) is 0.294. The van der Waals surface area contributed by atoms with Gasteiger partial charge in [-0.15, -0.1) is 0 Å². The second kappa shape index (κ2) is 10.6. The number of carbonyl (C=O) groups is 4. The number of H-pyrrole nitrogens is 2. The number of Topliss-reactive ketones (excluding diaryl/α,β-unsaturated/α-hetero) is 1. The van der Waals surface area contributed by atoms with Crippen LogP contribution in [-0.2, 0) is 14.3 Å². The molecule has 10 nitrogen and oxygen atoms in total. The Balaban J connectivity index is 1.83. The molecule has 224 valence electrons. The molecule has 0 fully saturated rings. The second-order valence-corrected chi connectivity index (χ2v) is 11.3. The summed E-state index contributed by atoms with van der Waals surface area (Å²) in [6.07, 6.45) is 1.01. The maximum Gasteiger partial charge on any atom is 0.350 e. The minimum atomic E-state index is -0.828. The molecule has 0 atom stereocenters. The lowest BCUT2D eigenvalue weighted by Gasteiger charge is -2.13. The third kappa shape index (κ3) is 4.40. The molecule has 3 aliphatic rings. The van der Waals surface area contributed by atoms with E-state index >= 15 is 0 Å². The van der Waals surface area contributed by atoms with Crippen molar-refractivity contribution in [2.45, 2.75) is 60.8 Å². The molecule has 6 rings (SSSR count). The minimum Gasteiger partial charge on any atom is -0.469 e. The Hall–Kier alpha value is -5.12. The molecule has 2 N–H and O–H groups in total. The van der Waals surface area contributed by atoms with Crippen molar-refractivity contribution in [1.29, 1.82) is 0 Å². The predicted octanol–water partition coefficient (Wildman–Crippen LogP) is 6.67. The summed E-state index contributed by atoms with van der Waals surface area (Å²) in [4.78, 5) is 68.1. The number of hydrogen-bond donors (Lipinski definition) is 2. The highest BCUT2D eigenvalue weighted by atomic mass is 16.6. The van der Waals surface area contributed by atoms with Gasteiger partial charge in [-0.3, -0.25) is 9.59 Å². The maximum absolute atomic E-state index is 13.4. The van der Waals surface area contributed by atoms with Crippen molar-refractivity contribution in [2.75, 3.05) is 7.11 Å². The number of aromatic nitrogens is 4. The molecule has 10 heteroatoms. The molecule has 8 bridgehead atoms. The lowest BCUT2D eigenvalue weighted by molar-refractivity contribution is -0.140. The maximum atomic E-state index is 13.4. The smallest absolute Gasteiger partial charge is 0.350 e. The molecule has 44 heavy (non-hydrogen) atoms. The van der Waals surface area contributed by atoms with E-state index in [0.717, 1.165) is 28.0 Å². The first-order valence-electron chi connectivity index (χ1n) is 14.5. The molecule has 0 saturated carbocycles. The largest absolute Gasteiger partial charge is 0.469 e. The number of allylic oxidation sites excluding steroid dienone is 4. The van der Waals surface area contributed by atoms with Crippen molar-refractivity contribution < 1.29 is 28.7 Å². The summed E-state index contributed by atoms with van der Waals surface area (Å²) >= 11 is 0. The van der Waals surface area contributed by atoms with Gasteiger partial charge in [-0.05, 0) is 99.1 Å². The summed E-state index contributed by atoms with van der Waals surface area (Å²) in [5.74, 6) is -2.07. The van der Waals surface area contributed by atoms with Crippen molar-refractivity contribution in [3.8, 4) is 0 Å². The average Bonchev–Trinajstić information content (AvgIpc) is 3.65. The number of esters is 3. The minimum absolute atomic E-state index is 0.0609. The monoisotopic (exact) mass is 592 g/mol. The van der Waals surface area contributed by atoms with Crippen LogP contribution in [0.15, 0.2) is 18.2 Å². The number of ether oxygens (including phenoxy) is 2. The summed E-state index contributed by atoms with van der Waals surface area (Å²) in [5, 5.41) is 0. The number of ketones is 1. The Morgan fingerprint density at radius 1 is 0.818 bits per heavy atom. The zero-order valence-corrected chi connectivity index (χ0v) is 25.7. The van der Waals surface area contributed by atoms with E-state index in [1.54, 1.807) is 6.92 Å². The van der Waals surface area contributed by atoms with Gasteiger partial charge >= 0.3 is 17.9 Å². The fourth-order valence-corrected chi connectivity index (χ4v) is 6.38. The van der Waals surface area contributed by atoms with E-state index in [1.165, 1.54) is 14.0 Å². The van der Waals surface area contributed by atoms with Crippen molar-refractivity contribution in [2.24, 2.45) is 0 Å². The van der Waals surface area contributed by atoms with Crippen LogP contribution in [0.3, 0.4) is 0 Å². The first-order chi connectivity index (χ1) is 20.9. The van der Waals surface area contributed by atoms with Gasteiger partial charge in [0.15, 0.2) is 5.78 Å². The lowest BCUT2D eigenvalue weighted by atomic mass is 9.96. The number of nitrogens with zero attached hydrogens (tertiary/aromatic N) is 2. The van der Waals surface area contributed by atoms with Crippen molar-refractivity contribution in [3.63, 3.8) is 0 Å².